The van der Waals surface area contributed by atoms with Gasteiger partial charge in [-0.25, -0.2) is 0 Å². The lowest BCUT2D eigenvalue weighted by atomic mass is 9.96. The Hall–Kier alpha value is -1.51. The minimum Gasteiger partial charge on any atom is -0.457 e. The van der Waals surface area contributed by atoms with Gasteiger partial charge in [0.2, 0.25) is 0 Å². The van der Waals surface area contributed by atoms with Crippen LogP contribution in [0.4, 0.5) is 0 Å². The molecular weight excluding hydrogens is 258 g/mol. The second-order valence-electron chi connectivity index (χ2n) is 4.71. The van der Waals surface area contributed by atoms with E-state index < -0.39 is 0 Å². The van der Waals surface area contributed by atoms with Gasteiger partial charge in [-0.3, -0.25) is 0 Å². The number of nitrogens with one attached hydrogen (secondary N) is 1. The molecule has 0 unspecified atom stereocenters. The predicted octanol–water partition coefficient (Wildman–Crippen LogP) is 3.59. The first kappa shape index (κ1) is 13.9. The maximum atomic E-state index is 6.05. The summed E-state index contributed by atoms with van der Waals surface area (Å²) in [6.45, 7) is 0. The summed E-state index contributed by atoms with van der Waals surface area (Å²) in [5.74, 6) is 1.95. The SMILES string of the molecule is CNC1Cc2ccccc2Oc2ccccc2C1.Cl. The van der Waals surface area contributed by atoms with Gasteiger partial charge >= 0.3 is 0 Å². The summed E-state index contributed by atoms with van der Waals surface area (Å²) in [7, 11) is 2.03. The molecule has 0 radical (unpaired) electrons. The Bertz CT molecular complexity index is 508. The Labute approximate surface area is 120 Å². The van der Waals surface area contributed by atoms with Gasteiger partial charge in [-0.15, -0.1) is 12.4 Å². The van der Waals surface area contributed by atoms with Crippen LogP contribution < -0.4 is 10.1 Å². The molecule has 1 aliphatic rings. The van der Waals surface area contributed by atoms with Crippen molar-refractivity contribution in [2.45, 2.75) is 18.9 Å². The lowest BCUT2D eigenvalue weighted by molar-refractivity contribution is 0.441. The van der Waals surface area contributed by atoms with Crippen LogP contribution in [0.2, 0.25) is 0 Å². The van der Waals surface area contributed by atoms with E-state index in [4.69, 9.17) is 4.74 Å². The minimum atomic E-state index is 0. The molecule has 0 spiro atoms. The molecule has 2 nitrogen and oxygen atoms in total. The molecule has 1 aliphatic heterocycles. The zero-order valence-corrected chi connectivity index (χ0v) is 11.7. The van der Waals surface area contributed by atoms with Gasteiger partial charge in [0.05, 0.1) is 0 Å². The summed E-state index contributed by atoms with van der Waals surface area (Å²) in [5, 5.41) is 3.40. The van der Waals surface area contributed by atoms with Crippen molar-refractivity contribution in [1.82, 2.24) is 5.32 Å². The zero-order chi connectivity index (χ0) is 12.4. The zero-order valence-electron chi connectivity index (χ0n) is 10.9. The number of likely N-dealkylation sites (N-methyl/N-ethyl adjacent to an activating group) is 1. The van der Waals surface area contributed by atoms with Gasteiger partial charge in [-0.05, 0) is 43.1 Å². The topological polar surface area (TPSA) is 21.3 Å². The number of hydrogen-bond acceptors (Lipinski definition) is 2. The molecule has 0 aromatic heterocycles. The molecule has 0 amide bonds. The van der Waals surface area contributed by atoms with E-state index in [0.717, 1.165) is 24.3 Å². The molecule has 2 aromatic rings. The van der Waals surface area contributed by atoms with Crippen LogP contribution >= 0.6 is 12.4 Å². The van der Waals surface area contributed by atoms with Crippen LogP contribution in [0.15, 0.2) is 48.5 Å². The van der Waals surface area contributed by atoms with Crippen LogP contribution in [0.25, 0.3) is 0 Å². The molecule has 0 bridgehead atoms. The van der Waals surface area contributed by atoms with Gasteiger partial charge in [0.25, 0.3) is 0 Å². The van der Waals surface area contributed by atoms with E-state index in [1.54, 1.807) is 0 Å². The van der Waals surface area contributed by atoms with Crippen LogP contribution in [0.3, 0.4) is 0 Å². The molecule has 0 atom stereocenters. The molecule has 0 fully saturated rings. The Kier molecular flexibility index (Phi) is 4.46. The first-order chi connectivity index (χ1) is 8.86. The van der Waals surface area contributed by atoms with Crippen molar-refractivity contribution in [3.05, 3.63) is 59.7 Å². The highest BCUT2D eigenvalue weighted by Crippen LogP contribution is 2.32. The highest BCUT2D eigenvalue weighted by atomic mass is 35.5. The van der Waals surface area contributed by atoms with Crippen molar-refractivity contribution in [3.8, 4) is 11.5 Å². The Morgan fingerprint density at radius 3 is 1.84 bits per heavy atom. The van der Waals surface area contributed by atoms with E-state index in [1.807, 2.05) is 31.3 Å². The first-order valence-electron chi connectivity index (χ1n) is 6.38. The molecule has 2 aromatic carbocycles. The summed E-state index contributed by atoms with van der Waals surface area (Å²) < 4.78 is 6.05. The van der Waals surface area contributed by atoms with Crippen molar-refractivity contribution in [3.63, 3.8) is 0 Å². The fraction of sp³-hybridized carbons (Fsp3) is 0.250. The van der Waals surface area contributed by atoms with E-state index in [2.05, 4.69) is 29.6 Å². The fourth-order valence-corrected chi connectivity index (χ4v) is 2.47. The molecule has 3 rings (SSSR count). The summed E-state index contributed by atoms with van der Waals surface area (Å²) in [6.07, 6.45) is 2.00. The van der Waals surface area contributed by atoms with E-state index >= 15 is 0 Å². The van der Waals surface area contributed by atoms with Crippen molar-refractivity contribution < 1.29 is 4.74 Å². The normalized spacial score (nSPS) is 14.2. The molecule has 100 valence electrons. The molecule has 1 N–H and O–H groups in total. The smallest absolute Gasteiger partial charge is 0.130 e. The Morgan fingerprint density at radius 2 is 1.37 bits per heavy atom. The van der Waals surface area contributed by atoms with Crippen molar-refractivity contribution in [1.29, 1.82) is 0 Å². The van der Waals surface area contributed by atoms with Gasteiger partial charge in [-0.2, -0.15) is 0 Å². The molecule has 3 heteroatoms. The quantitative estimate of drug-likeness (QED) is 0.859. The number of fused-ring (bicyclic) bond motifs is 2. The second kappa shape index (κ2) is 6.09. The highest BCUT2D eigenvalue weighted by molar-refractivity contribution is 5.85. The van der Waals surface area contributed by atoms with E-state index in [1.165, 1.54) is 11.1 Å². The fourth-order valence-electron chi connectivity index (χ4n) is 2.47. The number of benzene rings is 2. The summed E-state index contributed by atoms with van der Waals surface area (Å²) in [5.41, 5.74) is 2.54. The summed E-state index contributed by atoms with van der Waals surface area (Å²) in [4.78, 5) is 0. The van der Waals surface area contributed by atoms with E-state index in [-0.39, 0.29) is 12.4 Å². The third kappa shape index (κ3) is 2.91. The van der Waals surface area contributed by atoms with Crippen LogP contribution in [0.1, 0.15) is 11.1 Å². The number of para-hydroxylation sites is 2. The molecule has 0 saturated carbocycles. The summed E-state index contributed by atoms with van der Waals surface area (Å²) >= 11 is 0. The van der Waals surface area contributed by atoms with Crippen LogP contribution in [-0.4, -0.2) is 13.1 Å². The average molecular weight is 276 g/mol. The Balaban J connectivity index is 0.00000133. The van der Waals surface area contributed by atoms with E-state index in [0.29, 0.717) is 6.04 Å². The second-order valence-corrected chi connectivity index (χ2v) is 4.71. The van der Waals surface area contributed by atoms with Gasteiger partial charge in [0.15, 0.2) is 0 Å². The van der Waals surface area contributed by atoms with Gasteiger partial charge in [-0.1, -0.05) is 36.4 Å². The van der Waals surface area contributed by atoms with Gasteiger partial charge < -0.3 is 10.1 Å². The lowest BCUT2D eigenvalue weighted by Gasteiger charge is -2.23. The van der Waals surface area contributed by atoms with Gasteiger partial charge in [0.1, 0.15) is 11.5 Å². The number of rotatable bonds is 1. The van der Waals surface area contributed by atoms with E-state index in [9.17, 15) is 0 Å². The first-order valence-corrected chi connectivity index (χ1v) is 6.38. The van der Waals surface area contributed by atoms with Gasteiger partial charge in [0, 0.05) is 6.04 Å². The number of halogens is 1. The monoisotopic (exact) mass is 275 g/mol. The average Bonchev–Trinajstić information content (AvgIpc) is 2.39. The maximum absolute atomic E-state index is 6.05. The molecule has 1 heterocycles. The number of hydrogen-bond donors (Lipinski definition) is 1. The molecule has 0 saturated heterocycles. The lowest BCUT2D eigenvalue weighted by Crippen LogP contribution is -2.30. The maximum Gasteiger partial charge on any atom is 0.130 e. The predicted molar refractivity (Wildman–Crippen MR) is 80.5 cm³/mol. The molecular formula is C16H18ClNO. The largest absolute Gasteiger partial charge is 0.457 e. The van der Waals surface area contributed by atoms with Crippen LogP contribution in [-0.2, 0) is 12.8 Å². The minimum absolute atomic E-state index is 0. The third-order valence-corrected chi connectivity index (χ3v) is 3.51. The van der Waals surface area contributed by atoms with Crippen molar-refractivity contribution in [2.24, 2.45) is 0 Å². The summed E-state index contributed by atoms with van der Waals surface area (Å²) in [6, 6.07) is 17.0. The third-order valence-electron chi connectivity index (χ3n) is 3.51. The Morgan fingerprint density at radius 1 is 0.895 bits per heavy atom. The highest BCUT2D eigenvalue weighted by Gasteiger charge is 2.18. The van der Waals surface area contributed by atoms with Crippen LogP contribution in [0.5, 0.6) is 11.5 Å². The van der Waals surface area contributed by atoms with Crippen LogP contribution in [0, 0.1) is 0 Å². The van der Waals surface area contributed by atoms with Crippen molar-refractivity contribution >= 4 is 12.4 Å². The van der Waals surface area contributed by atoms with Crippen molar-refractivity contribution in [2.75, 3.05) is 7.05 Å². The molecule has 0 aliphatic carbocycles. The standard InChI is InChI=1S/C16H17NO.ClH/c1-17-14-10-12-6-2-4-8-15(12)18-16-9-5-3-7-13(16)11-14;/h2-9,14,17H,10-11H2,1H3;1H. The molecule has 19 heavy (non-hydrogen) atoms. The number of ether oxygens (including phenoxy) is 1.